The zero-order valence-corrected chi connectivity index (χ0v) is 17.8. The molecular weight excluding hydrogens is 395 g/mol. The summed E-state index contributed by atoms with van der Waals surface area (Å²) in [7, 11) is 0. The molecule has 1 N–H and O–H groups in total. The van der Waals surface area contributed by atoms with E-state index < -0.39 is 5.82 Å². The fourth-order valence-electron chi connectivity index (χ4n) is 3.58. The topological polar surface area (TPSA) is 77.6 Å². The van der Waals surface area contributed by atoms with Gasteiger partial charge in [-0.1, -0.05) is 19.9 Å². The normalized spacial score (nSPS) is 11.2. The van der Waals surface area contributed by atoms with Crippen LogP contribution in [0.25, 0.3) is 11.5 Å². The van der Waals surface area contributed by atoms with Crippen molar-refractivity contribution in [3.63, 3.8) is 0 Å². The molecular formula is C23H23FN6O. The molecule has 0 unspecified atom stereocenters. The van der Waals surface area contributed by atoms with Gasteiger partial charge in [0.05, 0.1) is 23.1 Å². The molecule has 158 valence electrons. The van der Waals surface area contributed by atoms with E-state index in [4.69, 9.17) is 0 Å². The van der Waals surface area contributed by atoms with Crippen molar-refractivity contribution >= 4 is 11.6 Å². The fraction of sp³-hybridized carbons (Fsp3) is 0.217. The molecule has 0 spiro atoms. The van der Waals surface area contributed by atoms with Gasteiger partial charge in [-0.05, 0) is 56.2 Å². The lowest BCUT2D eigenvalue weighted by molar-refractivity contribution is 0.102. The summed E-state index contributed by atoms with van der Waals surface area (Å²) < 4.78 is 18.0. The first-order chi connectivity index (χ1) is 14.8. The summed E-state index contributed by atoms with van der Waals surface area (Å²) in [5.74, 6) is -0.178. The van der Waals surface area contributed by atoms with Crippen molar-refractivity contribution in [3.05, 3.63) is 83.3 Å². The lowest BCUT2D eigenvalue weighted by atomic mass is 10.1. The molecule has 7 nitrogen and oxygen atoms in total. The lowest BCUT2D eigenvalue weighted by Crippen LogP contribution is -2.16. The predicted octanol–water partition coefficient (Wildman–Crippen LogP) is 4.58. The smallest absolute Gasteiger partial charge is 0.259 e. The number of benzene rings is 1. The number of aryl methyl sites for hydroxylation is 2. The third-order valence-corrected chi connectivity index (χ3v) is 4.91. The van der Waals surface area contributed by atoms with Crippen molar-refractivity contribution in [1.82, 2.24) is 24.5 Å². The highest BCUT2D eigenvalue weighted by molar-refractivity contribution is 6.05. The zero-order chi connectivity index (χ0) is 22.1. The van der Waals surface area contributed by atoms with Crippen LogP contribution in [0, 0.1) is 19.7 Å². The van der Waals surface area contributed by atoms with E-state index in [0.717, 1.165) is 17.1 Å². The second kappa shape index (κ2) is 8.14. The van der Waals surface area contributed by atoms with Crippen LogP contribution in [0.3, 0.4) is 0 Å². The molecule has 0 bridgehead atoms. The Morgan fingerprint density at radius 1 is 1.10 bits per heavy atom. The van der Waals surface area contributed by atoms with Crippen molar-refractivity contribution in [2.75, 3.05) is 5.32 Å². The van der Waals surface area contributed by atoms with E-state index in [1.54, 1.807) is 27.7 Å². The summed E-state index contributed by atoms with van der Waals surface area (Å²) >= 11 is 0. The maximum atomic E-state index is 14.8. The number of nitrogens with one attached hydrogen (secondary N) is 1. The second-order valence-electron chi connectivity index (χ2n) is 7.66. The number of aromatic nitrogens is 5. The maximum absolute atomic E-state index is 14.8. The van der Waals surface area contributed by atoms with Crippen LogP contribution >= 0.6 is 0 Å². The minimum Gasteiger partial charge on any atom is -0.322 e. The molecule has 0 fully saturated rings. The Balaban J connectivity index is 1.62. The lowest BCUT2D eigenvalue weighted by Gasteiger charge is -2.13. The number of rotatable bonds is 5. The summed E-state index contributed by atoms with van der Waals surface area (Å²) in [5, 5.41) is 11.5. The Bertz CT molecular complexity index is 1240. The summed E-state index contributed by atoms with van der Waals surface area (Å²) in [5.41, 5.74) is 3.47. The number of hydrogen-bond donors (Lipinski definition) is 1. The van der Waals surface area contributed by atoms with Gasteiger partial charge in [-0.3, -0.25) is 4.79 Å². The quantitative estimate of drug-likeness (QED) is 0.514. The molecule has 0 aliphatic heterocycles. The predicted molar refractivity (Wildman–Crippen MR) is 116 cm³/mol. The van der Waals surface area contributed by atoms with Gasteiger partial charge < -0.3 is 5.32 Å². The number of amides is 1. The van der Waals surface area contributed by atoms with Gasteiger partial charge in [0.15, 0.2) is 11.6 Å². The van der Waals surface area contributed by atoms with Gasteiger partial charge in [0, 0.05) is 17.6 Å². The number of nitrogens with zero attached hydrogens (tertiary/aromatic N) is 5. The monoisotopic (exact) mass is 418 g/mol. The van der Waals surface area contributed by atoms with Crippen molar-refractivity contribution in [2.45, 2.75) is 33.6 Å². The molecule has 0 saturated carbocycles. The molecule has 3 aromatic heterocycles. The zero-order valence-electron chi connectivity index (χ0n) is 17.8. The van der Waals surface area contributed by atoms with E-state index in [0.29, 0.717) is 22.8 Å². The van der Waals surface area contributed by atoms with Crippen molar-refractivity contribution in [2.24, 2.45) is 0 Å². The van der Waals surface area contributed by atoms with Gasteiger partial charge in [-0.25, -0.2) is 18.7 Å². The van der Waals surface area contributed by atoms with E-state index in [1.165, 1.54) is 12.3 Å². The third-order valence-electron chi connectivity index (χ3n) is 4.91. The van der Waals surface area contributed by atoms with Gasteiger partial charge in [0.25, 0.3) is 5.91 Å². The van der Waals surface area contributed by atoms with Gasteiger partial charge in [-0.2, -0.15) is 10.2 Å². The minimum atomic E-state index is -0.475. The first-order valence-electron chi connectivity index (χ1n) is 9.99. The van der Waals surface area contributed by atoms with Crippen LogP contribution in [-0.4, -0.2) is 30.5 Å². The van der Waals surface area contributed by atoms with Gasteiger partial charge in [-0.15, -0.1) is 0 Å². The largest absolute Gasteiger partial charge is 0.322 e. The number of carbonyl (C=O) groups excluding carboxylic acids is 1. The highest BCUT2D eigenvalue weighted by Gasteiger charge is 2.22. The van der Waals surface area contributed by atoms with Crippen molar-refractivity contribution in [3.8, 4) is 11.5 Å². The third kappa shape index (κ3) is 3.96. The van der Waals surface area contributed by atoms with E-state index in [-0.39, 0.29) is 11.8 Å². The molecule has 4 rings (SSSR count). The second-order valence-corrected chi connectivity index (χ2v) is 7.66. The molecule has 8 heteroatoms. The van der Waals surface area contributed by atoms with Crippen LogP contribution in [0.1, 0.15) is 47.2 Å². The number of pyridine rings is 1. The molecule has 0 saturated heterocycles. The molecule has 1 amide bonds. The van der Waals surface area contributed by atoms with Crippen LogP contribution in [0.15, 0.2) is 54.9 Å². The Labute approximate surface area is 179 Å². The average molecular weight is 418 g/mol. The molecule has 0 aliphatic rings. The van der Waals surface area contributed by atoms with Crippen LogP contribution in [0.5, 0.6) is 0 Å². The number of halogens is 1. The Hall–Kier alpha value is -3.81. The van der Waals surface area contributed by atoms with E-state index in [2.05, 4.69) is 20.5 Å². The van der Waals surface area contributed by atoms with Crippen LogP contribution in [-0.2, 0) is 0 Å². The average Bonchev–Trinajstić information content (AvgIpc) is 3.32. The van der Waals surface area contributed by atoms with Gasteiger partial charge in [0.1, 0.15) is 5.69 Å². The summed E-state index contributed by atoms with van der Waals surface area (Å²) in [4.78, 5) is 17.3. The molecule has 0 atom stereocenters. The molecule has 3 heterocycles. The first kappa shape index (κ1) is 20.5. The fourth-order valence-corrected chi connectivity index (χ4v) is 3.58. The highest BCUT2D eigenvalue weighted by Crippen LogP contribution is 2.24. The number of hydrogen-bond acceptors (Lipinski definition) is 4. The summed E-state index contributed by atoms with van der Waals surface area (Å²) in [6, 6.07) is 11.9. The molecule has 0 aliphatic carbocycles. The Morgan fingerprint density at radius 3 is 2.52 bits per heavy atom. The summed E-state index contributed by atoms with van der Waals surface area (Å²) in [6.07, 6.45) is 3.19. The molecule has 1 aromatic carbocycles. The molecule has 4 aromatic rings. The van der Waals surface area contributed by atoms with Crippen LogP contribution < -0.4 is 5.32 Å². The van der Waals surface area contributed by atoms with E-state index in [9.17, 15) is 9.18 Å². The summed E-state index contributed by atoms with van der Waals surface area (Å²) in [6.45, 7) is 7.68. The first-order valence-corrected chi connectivity index (χ1v) is 9.99. The minimum absolute atomic E-state index is 0.0235. The SMILES string of the molecule is Cc1cc(C)n(-c2ccc(NC(=O)c3cnn(-c4ccccn4)c3C(C)C)cc2F)n1. The van der Waals surface area contributed by atoms with Crippen molar-refractivity contribution in [1.29, 1.82) is 0 Å². The van der Waals surface area contributed by atoms with E-state index >= 15 is 0 Å². The van der Waals surface area contributed by atoms with Crippen LogP contribution in [0.2, 0.25) is 0 Å². The number of carbonyl (C=O) groups is 1. The molecule has 31 heavy (non-hydrogen) atoms. The van der Waals surface area contributed by atoms with E-state index in [1.807, 2.05) is 52.0 Å². The van der Waals surface area contributed by atoms with Gasteiger partial charge in [0.2, 0.25) is 0 Å². The van der Waals surface area contributed by atoms with Crippen LogP contribution in [0.4, 0.5) is 10.1 Å². The van der Waals surface area contributed by atoms with Crippen molar-refractivity contribution < 1.29 is 9.18 Å². The van der Waals surface area contributed by atoms with Gasteiger partial charge >= 0.3 is 0 Å². The standard InChI is InChI=1S/C23H23FN6O/c1-14(2)22-18(13-26-30(22)21-7-5-6-10-25-21)23(31)27-17-8-9-20(19(24)12-17)29-16(4)11-15(3)28-29/h5-14H,1-4H3,(H,27,31). The Morgan fingerprint density at radius 2 is 1.90 bits per heavy atom. The number of anilines is 1. The maximum Gasteiger partial charge on any atom is 0.259 e. The highest BCUT2D eigenvalue weighted by atomic mass is 19.1. The Kier molecular flexibility index (Phi) is 5.37. The molecule has 0 radical (unpaired) electrons.